The van der Waals surface area contributed by atoms with E-state index in [0.29, 0.717) is 5.92 Å². The Morgan fingerprint density at radius 2 is 1.94 bits per heavy atom. The van der Waals surface area contributed by atoms with Crippen LogP contribution in [0.4, 0.5) is 0 Å². The van der Waals surface area contributed by atoms with E-state index >= 15 is 0 Å². The number of aliphatic hydroxyl groups is 1. The van der Waals surface area contributed by atoms with Crippen LogP contribution in [-0.4, -0.2) is 14.9 Å². The highest BCUT2D eigenvalue weighted by Gasteiger charge is 2.16. The predicted molar refractivity (Wildman–Crippen MR) is 72.3 cm³/mol. The molecule has 2 rings (SSSR count). The van der Waals surface area contributed by atoms with Crippen LogP contribution in [0, 0.1) is 0 Å². The van der Waals surface area contributed by atoms with Crippen molar-refractivity contribution >= 4 is 0 Å². The summed E-state index contributed by atoms with van der Waals surface area (Å²) in [6.45, 7) is 4.97. The molecule has 18 heavy (non-hydrogen) atoms. The molecule has 0 spiro atoms. The highest BCUT2D eigenvalue weighted by Crippen LogP contribution is 2.27. The Morgan fingerprint density at radius 1 is 1.22 bits per heavy atom. The van der Waals surface area contributed by atoms with Gasteiger partial charge in [-0.3, -0.25) is 4.68 Å². The maximum absolute atomic E-state index is 10.3. The van der Waals surface area contributed by atoms with E-state index < -0.39 is 6.10 Å². The molecule has 0 aliphatic heterocycles. The van der Waals surface area contributed by atoms with Crippen molar-refractivity contribution in [3.63, 3.8) is 0 Å². The van der Waals surface area contributed by atoms with Gasteiger partial charge in [-0.15, -0.1) is 0 Å². The molecule has 1 aromatic carbocycles. The van der Waals surface area contributed by atoms with Gasteiger partial charge in [-0.1, -0.05) is 37.3 Å². The number of benzene rings is 1. The van der Waals surface area contributed by atoms with Gasteiger partial charge in [0.1, 0.15) is 0 Å². The highest BCUT2D eigenvalue weighted by molar-refractivity contribution is 5.19. The first-order chi connectivity index (χ1) is 8.72. The third-order valence-corrected chi connectivity index (χ3v) is 3.34. The maximum Gasteiger partial charge on any atom is 0.0962 e. The van der Waals surface area contributed by atoms with Gasteiger partial charge in [0.2, 0.25) is 0 Å². The van der Waals surface area contributed by atoms with Gasteiger partial charge in [0.15, 0.2) is 0 Å². The number of aryl methyl sites for hydroxylation is 1. The molecule has 96 valence electrons. The van der Waals surface area contributed by atoms with Crippen molar-refractivity contribution in [3.05, 3.63) is 53.9 Å². The van der Waals surface area contributed by atoms with Gasteiger partial charge in [-0.2, -0.15) is 5.10 Å². The Hall–Kier alpha value is -1.61. The van der Waals surface area contributed by atoms with Crippen molar-refractivity contribution < 1.29 is 5.11 Å². The van der Waals surface area contributed by atoms with Gasteiger partial charge >= 0.3 is 0 Å². The minimum atomic E-state index is -0.456. The third kappa shape index (κ3) is 2.79. The minimum Gasteiger partial charge on any atom is -0.387 e. The van der Waals surface area contributed by atoms with Crippen LogP contribution in [-0.2, 0) is 6.54 Å². The fourth-order valence-electron chi connectivity index (χ4n) is 2.26. The summed E-state index contributed by atoms with van der Waals surface area (Å²) >= 11 is 0. The first-order valence-corrected chi connectivity index (χ1v) is 6.47. The fraction of sp³-hybridized carbons (Fsp3) is 0.400. The SMILES string of the molecule is CCn1nccc1C(O)CC(C)c1ccccc1. The van der Waals surface area contributed by atoms with Crippen molar-refractivity contribution in [2.75, 3.05) is 0 Å². The van der Waals surface area contributed by atoms with Crippen molar-refractivity contribution in [2.45, 2.75) is 38.8 Å². The molecular weight excluding hydrogens is 224 g/mol. The molecule has 0 bridgehead atoms. The van der Waals surface area contributed by atoms with Gasteiger partial charge in [0.05, 0.1) is 11.8 Å². The Balaban J connectivity index is 2.06. The summed E-state index contributed by atoms with van der Waals surface area (Å²) in [5.74, 6) is 0.335. The Morgan fingerprint density at radius 3 is 2.61 bits per heavy atom. The van der Waals surface area contributed by atoms with Gasteiger partial charge in [0, 0.05) is 12.7 Å². The highest BCUT2D eigenvalue weighted by atomic mass is 16.3. The van der Waals surface area contributed by atoms with E-state index in [9.17, 15) is 5.11 Å². The first-order valence-electron chi connectivity index (χ1n) is 6.47. The number of rotatable bonds is 5. The van der Waals surface area contributed by atoms with Crippen LogP contribution in [0.2, 0.25) is 0 Å². The molecule has 0 saturated heterocycles. The molecule has 3 nitrogen and oxygen atoms in total. The van der Waals surface area contributed by atoms with Crippen LogP contribution in [0.5, 0.6) is 0 Å². The standard InChI is InChI=1S/C15H20N2O/c1-3-17-14(9-10-16-17)15(18)11-12(2)13-7-5-4-6-8-13/h4-10,12,15,18H,3,11H2,1-2H3. The van der Waals surface area contributed by atoms with E-state index in [-0.39, 0.29) is 0 Å². The average molecular weight is 244 g/mol. The lowest BCUT2D eigenvalue weighted by molar-refractivity contribution is 0.149. The second-order valence-electron chi connectivity index (χ2n) is 4.64. The molecule has 0 aliphatic carbocycles. The largest absolute Gasteiger partial charge is 0.387 e. The number of aromatic nitrogens is 2. The van der Waals surface area contributed by atoms with Crippen LogP contribution in [0.3, 0.4) is 0 Å². The van der Waals surface area contributed by atoms with Gasteiger partial charge < -0.3 is 5.11 Å². The van der Waals surface area contributed by atoms with Crippen molar-refractivity contribution in [1.29, 1.82) is 0 Å². The summed E-state index contributed by atoms with van der Waals surface area (Å²) in [5.41, 5.74) is 2.17. The van der Waals surface area contributed by atoms with Gasteiger partial charge in [-0.25, -0.2) is 0 Å². The van der Waals surface area contributed by atoms with E-state index in [1.54, 1.807) is 6.20 Å². The molecule has 2 aromatic rings. The summed E-state index contributed by atoms with van der Waals surface area (Å²) in [4.78, 5) is 0. The lowest BCUT2D eigenvalue weighted by Gasteiger charge is -2.17. The zero-order valence-corrected chi connectivity index (χ0v) is 11.0. The molecule has 0 fully saturated rings. The molecule has 2 atom stereocenters. The molecule has 3 heteroatoms. The van der Waals surface area contributed by atoms with E-state index in [1.807, 2.05) is 35.9 Å². The smallest absolute Gasteiger partial charge is 0.0962 e. The van der Waals surface area contributed by atoms with Crippen LogP contribution in [0.1, 0.15) is 43.5 Å². The molecule has 2 unspecified atom stereocenters. The Bertz CT molecular complexity index is 478. The van der Waals surface area contributed by atoms with Crippen LogP contribution in [0.25, 0.3) is 0 Å². The minimum absolute atomic E-state index is 0.335. The topological polar surface area (TPSA) is 38.0 Å². The number of aliphatic hydroxyl groups excluding tert-OH is 1. The lowest BCUT2D eigenvalue weighted by Crippen LogP contribution is -2.10. The monoisotopic (exact) mass is 244 g/mol. The molecule has 0 radical (unpaired) electrons. The number of nitrogens with zero attached hydrogens (tertiary/aromatic N) is 2. The normalized spacial score (nSPS) is 14.4. The maximum atomic E-state index is 10.3. The van der Waals surface area contributed by atoms with E-state index in [1.165, 1.54) is 5.56 Å². The molecule has 1 aromatic heterocycles. The summed E-state index contributed by atoms with van der Waals surface area (Å²) in [6, 6.07) is 12.2. The van der Waals surface area contributed by atoms with Crippen LogP contribution < -0.4 is 0 Å². The van der Waals surface area contributed by atoms with Crippen LogP contribution in [0.15, 0.2) is 42.6 Å². The van der Waals surface area contributed by atoms with Gasteiger partial charge in [0.25, 0.3) is 0 Å². The molecule has 1 N–H and O–H groups in total. The molecule has 0 saturated carbocycles. The summed E-state index contributed by atoms with van der Waals surface area (Å²) in [6.07, 6.45) is 2.01. The fourth-order valence-corrected chi connectivity index (χ4v) is 2.26. The predicted octanol–water partition coefficient (Wildman–Crippen LogP) is 3.13. The molecule has 0 aliphatic rings. The van der Waals surface area contributed by atoms with Crippen molar-refractivity contribution in [1.82, 2.24) is 9.78 Å². The third-order valence-electron chi connectivity index (χ3n) is 3.34. The quantitative estimate of drug-likeness (QED) is 0.877. The van der Waals surface area contributed by atoms with Gasteiger partial charge in [-0.05, 0) is 30.9 Å². The summed E-state index contributed by atoms with van der Waals surface area (Å²) < 4.78 is 1.85. The second-order valence-corrected chi connectivity index (χ2v) is 4.64. The average Bonchev–Trinajstić information content (AvgIpc) is 2.88. The Labute approximate surface area is 108 Å². The molecular formula is C15H20N2O. The zero-order valence-electron chi connectivity index (χ0n) is 11.0. The van der Waals surface area contributed by atoms with Crippen LogP contribution >= 0.6 is 0 Å². The lowest BCUT2D eigenvalue weighted by atomic mass is 9.94. The zero-order chi connectivity index (χ0) is 13.0. The van der Waals surface area contributed by atoms with E-state index in [0.717, 1.165) is 18.7 Å². The first kappa shape index (κ1) is 12.8. The molecule has 1 heterocycles. The van der Waals surface area contributed by atoms with E-state index in [2.05, 4.69) is 24.2 Å². The van der Waals surface area contributed by atoms with Crippen molar-refractivity contribution in [2.24, 2.45) is 0 Å². The number of hydrogen-bond donors (Lipinski definition) is 1. The van der Waals surface area contributed by atoms with E-state index in [4.69, 9.17) is 0 Å². The van der Waals surface area contributed by atoms with Crippen molar-refractivity contribution in [3.8, 4) is 0 Å². The Kier molecular flexibility index (Phi) is 4.15. The summed E-state index contributed by atoms with van der Waals surface area (Å²) in [5, 5.41) is 14.5. The number of hydrogen-bond acceptors (Lipinski definition) is 2. The summed E-state index contributed by atoms with van der Waals surface area (Å²) in [7, 11) is 0. The second kappa shape index (κ2) is 5.83. The molecule has 0 amide bonds.